The number of hydrogen-bond donors (Lipinski definition) is 1. The molecule has 0 spiro atoms. The molecule has 0 saturated heterocycles. The van der Waals surface area contributed by atoms with Gasteiger partial charge in [0.1, 0.15) is 0 Å². The fraction of sp³-hybridized carbons (Fsp3) is 0.643. The van der Waals surface area contributed by atoms with E-state index in [1.54, 1.807) is 0 Å². The lowest BCUT2D eigenvalue weighted by molar-refractivity contribution is 0.525. The van der Waals surface area contributed by atoms with Crippen LogP contribution in [0.3, 0.4) is 0 Å². The van der Waals surface area contributed by atoms with Crippen LogP contribution in [0.25, 0.3) is 0 Å². The Morgan fingerprint density at radius 2 is 1.94 bits per heavy atom. The molecule has 1 aromatic heterocycles. The van der Waals surface area contributed by atoms with Crippen molar-refractivity contribution in [1.29, 1.82) is 0 Å². The van der Waals surface area contributed by atoms with Crippen LogP contribution >= 0.6 is 0 Å². The van der Waals surface area contributed by atoms with Crippen LogP contribution in [-0.4, -0.2) is 4.57 Å². The second kappa shape index (κ2) is 3.98. The van der Waals surface area contributed by atoms with Crippen molar-refractivity contribution in [3.05, 3.63) is 33.7 Å². The average Bonchev–Trinajstić information content (AvgIpc) is 2.98. The molecule has 1 aliphatic carbocycles. The average molecular weight is 234 g/mol. The third-order valence-electron chi connectivity index (χ3n) is 3.35. The summed E-state index contributed by atoms with van der Waals surface area (Å²) in [4.78, 5) is 12.5. The molecule has 3 heteroatoms. The van der Waals surface area contributed by atoms with Gasteiger partial charge < -0.3 is 10.3 Å². The number of hydrogen-bond acceptors (Lipinski definition) is 2. The summed E-state index contributed by atoms with van der Waals surface area (Å²) in [5, 5.41) is 0. The summed E-state index contributed by atoms with van der Waals surface area (Å²) in [5.74, 6) is 0.373. The van der Waals surface area contributed by atoms with Gasteiger partial charge in [-0.05, 0) is 44.7 Å². The quantitative estimate of drug-likeness (QED) is 0.873. The van der Waals surface area contributed by atoms with Crippen LogP contribution in [0.15, 0.2) is 16.9 Å². The Morgan fingerprint density at radius 3 is 2.35 bits per heavy atom. The van der Waals surface area contributed by atoms with Gasteiger partial charge >= 0.3 is 0 Å². The van der Waals surface area contributed by atoms with E-state index in [0.717, 1.165) is 18.5 Å². The van der Waals surface area contributed by atoms with Crippen LogP contribution in [0.2, 0.25) is 0 Å². The lowest BCUT2D eigenvalue weighted by Crippen LogP contribution is -2.38. The molecule has 94 valence electrons. The maximum absolute atomic E-state index is 12.5. The number of pyridine rings is 1. The van der Waals surface area contributed by atoms with Gasteiger partial charge in [-0.2, -0.15) is 0 Å². The first-order chi connectivity index (χ1) is 7.82. The van der Waals surface area contributed by atoms with Crippen molar-refractivity contribution < 1.29 is 0 Å². The molecule has 1 saturated carbocycles. The fourth-order valence-corrected chi connectivity index (χ4v) is 2.24. The third-order valence-corrected chi connectivity index (χ3v) is 3.35. The van der Waals surface area contributed by atoms with Crippen LogP contribution < -0.4 is 11.3 Å². The fourth-order valence-electron chi connectivity index (χ4n) is 2.24. The van der Waals surface area contributed by atoms with Gasteiger partial charge in [0.05, 0.1) is 0 Å². The predicted octanol–water partition coefficient (Wildman–Crippen LogP) is 2.50. The molecule has 17 heavy (non-hydrogen) atoms. The molecule has 0 amide bonds. The van der Waals surface area contributed by atoms with Crippen molar-refractivity contribution in [2.45, 2.75) is 58.0 Å². The molecule has 1 aromatic rings. The molecule has 1 fully saturated rings. The van der Waals surface area contributed by atoms with E-state index in [-0.39, 0.29) is 5.56 Å². The van der Waals surface area contributed by atoms with E-state index in [0.29, 0.717) is 17.5 Å². The van der Waals surface area contributed by atoms with Crippen molar-refractivity contribution in [1.82, 2.24) is 4.57 Å². The van der Waals surface area contributed by atoms with E-state index in [1.807, 2.05) is 24.5 Å². The summed E-state index contributed by atoms with van der Waals surface area (Å²) in [6.07, 6.45) is 2.24. The Kier molecular flexibility index (Phi) is 2.90. The normalized spacial score (nSPS) is 16.6. The molecule has 3 nitrogen and oxygen atoms in total. The molecule has 0 bridgehead atoms. The minimum atomic E-state index is -0.566. The van der Waals surface area contributed by atoms with Gasteiger partial charge in [0.2, 0.25) is 0 Å². The first-order valence-electron chi connectivity index (χ1n) is 6.37. The van der Waals surface area contributed by atoms with Gasteiger partial charge in [0.25, 0.3) is 5.56 Å². The number of nitrogens with two attached hydrogens (primary N) is 1. The SMILES string of the molecule is CC(C)c1ccc(C(C)(C)N)c(=O)n1C1CC1. The second-order valence-corrected chi connectivity index (χ2v) is 5.95. The topological polar surface area (TPSA) is 48.0 Å². The largest absolute Gasteiger partial charge is 0.322 e. The summed E-state index contributed by atoms with van der Waals surface area (Å²) < 4.78 is 1.97. The Morgan fingerprint density at radius 1 is 1.35 bits per heavy atom. The molecular formula is C14H22N2O. The molecule has 2 N–H and O–H groups in total. The first-order valence-corrected chi connectivity index (χ1v) is 6.37. The number of aromatic nitrogens is 1. The van der Waals surface area contributed by atoms with Gasteiger partial charge in [-0.1, -0.05) is 13.8 Å². The molecule has 0 unspecified atom stereocenters. The summed E-state index contributed by atoms with van der Waals surface area (Å²) >= 11 is 0. The highest BCUT2D eigenvalue weighted by Crippen LogP contribution is 2.36. The van der Waals surface area contributed by atoms with Crippen LogP contribution in [0.1, 0.15) is 63.8 Å². The molecule has 2 rings (SSSR count). The van der Waals surface area contributed by atoms with Gasteiger partial charge in [-0.15, -0.1) is 0 Å². The maximum atomic E-state index is 12.5. The van der Waals surface area contributed by atoms with Gasteiger partial charge in [0, 0.05) is 22.8 Å². The lowest BCUT2D eigenvalue weighted by Gasteiger charge is -2.22. The van der Waals surface area contributed by atoms with E-state index >= 15 is 0 Å². The zero-order valence-corrected chi connectivity index (χ0v) is 11.2. The standard InChI is InChI=1S/C14H22N2O/c1-9(2)12-8-7-11(14(3,4)15)13(17)16(12)10-5-6-10/h7-10H,5-6,15H2,1-4H3. The third kappa shape index (κ3) is 2.29. The van der Waals surface area contributed by atoms with Crippen LogP contribution in [0.5, 0.6) is 0 Å². The monoisotopic (exact) mass is 234 g/mol. The summed E-state index contributed by atoms with van der Waals surface area (Å²) in [6, 6.07) is 4.37. The Labute approximate surface area is 103 Å². The highest BCUT2D eigenvalue weighted by molar-refractivity contribution is 5.25. The highest BCUT2D eigenvalue weighted by Gasteiger charge is 2.30. The molecule has 0 atom stereocenters. The van der Waals surface area contributed by atoms with Crippen LogP contribution in [-0.2, 0) is 5.54 Å². The highest BCUT2D eigenvalue weighted by atomic mass is 16.1. The number of rotatable bonds is 3. The summed E-state index contributed by atoms with van der Waals surface area (Å²) in [6.45, 7) is 8.02. The summed E-state index contributed by atoms with van der Waals surface area (Å²) in [7, 11) is 0. The van der Waals surface area contributed by atoms with Crippen molar-refractivity contribution in [2.75, 3.05) is 0 Å². The van der Waals surface area contributed by atoms with Crippen LogP contribution in [0, 0.1) is 0 Å². The summed E-state index contributed by atoms with van der Waals surface area (Å²) in [5.41, 5.74) is 7.44. The van der Waals surface area contributed by atoms with E-state index in [2.05, 4.69) is 19.9 Å². The smallest absolute Gasteiger partial charge is 0.256 e. The van der Waals surface area contributed by atoms with Crippen LogP contribution in [0.4, 0.5) is 0 Å². The maximum Gasteiger partial charge on any atom is 0.256 e. The van der Waals surface area contributed by atoms with Crippen molar-refractivity contribution >= 4 is 0 Å². The Bertz CT molecular complexity index is 476. The molecule has 1 heterocycles. The Hall–Kier alpha value is -1.09. The van der Waals surface area contributed by atoms with Gasteiger partial charge in [-0.25, -0.2) is 0 Å². The molecule has 0 aromatic carbocycles. The van der Waals surface area contributed by atoms with Gasteiger partial charge in [-0.3, -0.25) is 4.79 Å². The van der Waals surface area contributed by atoms with Gasteiger partial charge in [0.15, 0.2) is 0 Å². The zero-order chi connectivity index (χ0) is 12.8. The minimum Gasteiger partial charge on any atom is -0.322 e. The molecule has 1 aliphatic rings. The van der Waals surface area contributed by atoms with E-state index < -0.39 is 5.54 Å². The van der Waals surface area contributed by atoms with E-state index in [4.69, 9.17) is 5.73 Å². The molecule has 0 aliphatic heterocycles. The second-order valence-electron chi connectivity index (χ2n) is 5.95. The minimum absolute atomic E-state index is 0.103. The van der Waals surface area contributed by atoms with E-state index in [1.165, 1.54) is 0 Å². The Balaban J connectivity index is 2.62. The molecular weight excluding hydrogens is 212 g/mol. The predicted molar refractivity (Wildman–Crippen MR) is 70.3 cm³/mol. The van der Waals surface area contributed by atoms with Crippen molar-refractivity contribution in [2.24, 2.45) is 5.73 Å². The molecule has 0 radical (unpaired) electrons. The lowest BCUT2D eigenvalue weighted by atomic mass is 9.95. The van der Waals surface area contributed by atoms with Crippen molar-refractivity contribution in [3.63, 3.8) is 0 Å². The number of nitrogens with zero attached hydrogens (tertiary/aromatic N) is 1. The van der Waals surface area contributed by atoms with Crippen molar-refractivity contribution in [3.8, 4) is 0 Å². The van der Waals surface area contributed by atoms with E-state index in [9.17, 15) is 4.79 Å². The first kappa shape index (κ1) is 12.4. The zero-order valence-electron chi connectivity index (χ0n) is 11.2.